The van der Waals surface area contributed by atoms with Gasteiger partial charge in [-0.25, -0.2) is 5.43 Å². The lowest BCUT2D eigenvalue weighted by Crippen LogP contribution is -2.17. The minimum atomic E-state index is -0.323. The average molecular weight is 677 g/mol. The van der Waals surface area contributed by atoms with Crippen molar-refractivity contribution in [1.82, 2.24) is 9.99 Å². The Labute approximate surface area is 269 Å². The van der Waals surface area contributed by atoms with E-state index in [9.17, 15) is 4.79 Å². The van der Waals surface area contributed by atoms with Crippen molar-refractivity contribution in [1.29, 1.82) is 0 Å². The van der Waals surface area contributed by atoms with Gasteiger partial charge in [-0.3, -0.25) is 4.79 Å². The number of aromatic nitrogens is 1. The number of benzene rings is 4. The molecule has 9 heteroatoms. The smallest absolute Gasteiger partial charge is 0.271 e. The van der Waals surface area contributed by atoms with E-state index >= 15 is 0 Å². The van der Waals surface area contributed by atoms with Crippen molar-refractivity contribution in [2.45, 2.75) is 20.5 Å². The number of nitrogens with zero attached hydrogens (tertiary/aromatic N) is 2. The van der Waals surface area contributed by atoms with Gasteiger partial charge in [0.1, 0.15) is 6.61 Å². The topological polar surface area (TPSA) is 64.8 Å². The van der Waals surface area contributed by atoms with Crippen LogP contribution in [0.3, 0.4) is 0 Å². The average Bonchev–Trinajstić information content (AvgIpc) is 3.40. The van der Waals surface area contributed by atoms with Crippen LogP contribution in [0.4, 0.5) is 0 Å². The highest BCUT2D eigenvalue weighted by atomic mass is 79.9. The molecule has 0 aliphatic rings. The van der Waals surface area contributed by atoms with E-state index in [1.54, 1.807) is 42.6 Å². The lowest BCUT2D eigenvalue weighted by molar-refractivity contribution is 0.0955. The molecule has 5 rings (SSSR count). The van der Waals surface area contributed by atoms with Crippen LogP contribution in [0, 0.1) is 6.92 Å². The number of hydrogen-bond acceptors (Lipinski definition) is 4. The molecule has 1 aromatic heterocycles. The van der Waals surface area contributed by atoms with Crippen molar-refractivity contribution < 1.29 is 14.3 Å². The fourth-order valence-corrected chi connectivity index (χ4v) is 5.42. The second-order valence-corrected chi connectivity index (χ2v) is 11.3. The molecule has 1 heterocycles. The summed E-state index contributed by atoms with van der Waals surface area (Å²) in [5, 5.41) is 5.26. The molecule has 0 radical (unpaired) electrons. The second kappa shape index (κ2) is 14.0. The first kappa shape index (κ1) is 30.4. The van der Waals surface area contributed by atoms with E-state index in [-0.39, 0.29) is 12.5 Å². The Morgan fingerprint density at radius 3 is 2.40 bits per heavy atom. The first-order valence-electron chi connectivity index (χ1n) is 13.5. The third-order valence-electron chi connectivity index (χ3n) is 6.66. The maximum Gasteiger partial charge on any atom is 0.271 e. The minimum Gasteiger partial charge on any atom is -0.490 e. The van der Waals surface area contributed by atoms with Crippen LogP contribution in [-0.2, 0) is 6.61 Å². The van der Waals surface area contributed by atoms with Crippen LogP contribution in [0.5, 0.6) is 11.5 Å². The van der Waals surface area contributed by atoms with Crippen LogP contribution in [0.2, 0.25) is 10.0 Å². The van der Waals surface area contributed by atoms with Crippen LogP contribution in [0.15, 0.2) is 107 Å². The van der Waals surface area contributed by atoms with Crippen molar-refractivity contribution in [3.8, 4) is 28.4 Å². The SMILES string of the molecule is CCOc1cc(/C=N/NC(=O)c2ccc(-n3c(C)ccc3-c3ccccc3)cc2)c(Br)cc1OCc1ccc(Cl)cc1Cl. The Balaban J connectivity index is 1.27. The van der Waals surface area contributed by atoms with Gasteiger partial charge in [-0.1, -0.05) is 59.6 Å². The predicted molar refractivity (Wildman–Crippen MR) is 177 cm³/mol. The van der Waals surface area contributed by atoms with Gasteiger partial charge in [-0.05, 0) is 96.0 Å². The molecule has 0 saturated heterocycles. The van der Waals surface area contributed by atoms with Crippen molar-refractivity contribution in [3.05, 3.63) is 134 Å². The number of amides is 1. The molecule has 6 nitrogen and oxygen atoms in total. The molecular weight excluding hydrogens is 649 g/mol. The lowest BCUT2D eigenvalue weighted by atomic mass is 10.1. The zero-order valence-electron chi connectivity index (χ0n) is 23.5. The van der Waals surface area contributed by atoms with Crippen LogP contribution in [-0.4, -0.2) is 23.3 Å². The Bertz CT molecular complexity index is 1770. The first-order valence-corrected chi connectivity index (χ1v) is 15.1. The number of rotatable bonds is 10. The van der Waals surface area contributed by atoms with E-state index in [0.717, 1.165) is 28.2 Å². The van der Waals surface area contributed by atoms with Gasteiger partial charge in [0.25, 0.3) is 5.91 Å². The molecule has 0 bridgehead atoms. The van der Waals surface area contributed by atoms with Gasteiger partial charge >= 0.3 is 0 Å². The quantitative estimate of drug-likeness (QED) is 0.118. The van der Waals surface area contributed by atoms with Crippen LogP contribution < -0.4 is 14.9 Å². The standard InChI is InChI=1S/C34H28BrCl2N3O3/c1-3-42-32-17-26(29(35)19-33(32)43-21-25-10-13-27(36)18-30(25)37)20-38-39-34(41)24-11-14-28(15-12-24)40-22(2)9-16-31(40)23-7-5-4-6-8-23/h4-20H,3,21H2,1-2H3,(H,39,41)/b38-20+. The summed E-state index contributed by atoms with van der Waals surface area (Å²) in [6.45, 7) is 4.63. The maximum atomic E-state index is 12.9. The van der Waals surface area contributed by atoms with Crippen molar-refractivity contribution in [3.63, 3.8) is 0 Å². The molecule has 0 atom stereocenters. The molecule has 0 spiro atoms. The molecule has 0 fully saturated rings. The van der Waals surface area contributed by atoms with Gasteiger partial charge in [0.15, 0.2) is 11.5 Å². The third-order valence-corrected chi connectivity index (χ3v) is 7.94. The summed E-state index contributed by atoms with van der Waals surface area (Å²) < 4.78 is 14.7. The summed E-state index contributed by atoms with van der Waals surface area (Å²) in [4.78, 5) is 12.9. The largest absolute Gasteiger partial charge is 0.490 e. The monoisotopic (exact) mass is 675 g/mol. The predicted octanol–water partition coefficient (Wildman–Crippen LogP) is 9.26. The Kier molecular flexibility index (Phi) is 9.87. The van der Waals surface area contributed by atoms with Crippen molar-refractivity contribution >= 4 is 51.3 Å². The Morgan fingerprint density at radius 2 is 1.67 bits per heavy atom. The van der Waals surface area contributed by atoms with Crippen LogP contribution in [0.1, 0.15) is 34.1 Å². The minimum absolute atomic E-state index is 0.238. The molecule has 1 amide bonds. The van der Waals surface area contributed by atoms with Crippen molar-refractivity contribution in [2.75, 3.05) is 6.61 Å². The molecule has 1 N–H and O–H groups in total. The number of hydrogen-bond donors (Lipinski definition) is 1. The molecular formula is C34H28BrCl2N3O3. The van der Waals surface area contributed by atoms with E-state index in [0.29, 0.717) is 43.8 Å². The second-order valence-electron chi connectivity index (χ2n) is 9.59. The van der Waals surface area contributed by atoms with E-state index in [2.05, 4.69) is 62.2 Å². The van der Waals surface area contributed by atoms with Crippen LogP contribution >= 0.6 is 39.1 Å². The molecule has 218 valence electrons. The van der Waals surface area contributed by atoms with E-state index in [4.69, 9.17) is 32.7 Å². The Hall–Kier alpha value is -4.04. The number of nitrogens with one attached hydrogen (secondary N) is 1. The summed E-state index contributed by atoms with van der Waals surface area (Å²) in [5.41, 5.74) is 8.87. The highest BCUT2D eigenvalue weighted by Crippen LogP contribution is 2.34. The molecule has 0 aliphatic heterocycles. The normalized spacial score (nSPS) is 11.1. The van der Waals surface area contributed by atoms with Crippen molar-refractivity contribution in [2.24, 2.45) is 5.10 Å². The summed E-state index contributed by atoms with van der Waals surface area (Å²) >= 11 is 15.9. The summed E-state index contributed by atoms with van der Waals surface area (Å²) in [6, 6.07) is 30.7. The number of hydrazone groups is 1. The van der Waals surface area contributed by atoms with Crippen LogP contribution in [0.25, 0.3) is 16.9 Å². The summed E-state index contributed by atoms with van der Waals surface area (Å²) in [6.07, 6.45) is 1.55. The number of carbonyl (C=O) groups is 1. The molecule has 4 aromatic carbocycles. The van der Waals surface area contributed by atoms with Gasteiger partial charge < -0.3 is 14.0 Å². The zero-order valence-corrected chi connectivity index (χ0v) is 26.6. The number of halogens is 3. The number of aryl methyl sites for hydroxylation is 1. The summed E-state index contributed by atoms with van der Waals surface area (Å²) in [5.74, 6) is 0.750. The number of carbonyl (C=O) groups excluding carboxylic acids is 1. The number of ether oxygens (including phenoxy) is 2. The van der Waals surface area contributed by atoms with Gasteiger partial charge in [0.05, 0.1) is 18.5 Å². The van der Waals surface area contributed by atoms with E-state index in [1.165, 1.54) is 0 Å². The van der Waals surface area contributed by atoms with Gasteiger partial charge in [0.2, 0.25) is 0 Å². The van der Waals surface area contributed by atoms with Gasteiger partial charge in [-0.15, -0.1) is 0 Å². The Morgan fingerprint density at radius 1 is 0.930 bits per heavy atom. The lowest BCUT2D eigenvalue weighted by Gasteiger charge is -2.14. The van der Waals surface area contributed by atoms with Gasteiger partial charge in [-0.2, -0.15) is 5.10 Å². The summed E-state index contributed by atoms with van der Waals surface area (Å²) in [7, 11) is 0. The van der Waals surface area contributed by atoms with E-state index in [1.807, 2.05) is 43.3 Å². The molecule has 43 heavy (non-hydrogen) atoms. The zero-order chi connectivity index (χ0) is 30.3. The molecule has 0 saturated carbocycles. The molecule has 0 aliphatic carbocycles. The van der Waals surface area contributed by atoms with Gasteiger partial charge in [0, 0.05) is 42.6 Å². The highest BCUT2D eigenvalue weighted by molar-refractivity contribution is 9.10. The fraction of sp³-hybridized carbons (Fsp3) is 0.118. The maximum absolute atomic E-state index is 12.9. The fourth-order valence-electron chi connectivity index (χ4n) is 4.53. The molecule has 5 aromatic rings. The highest BCUT2D eigenvalue weighted by Gasteiger charge is 2.13. The molecule has 0 unspecified atom stereocenters. The first-order chi connectivity index (χ1) is 20.8. The van der Waals surface area contributed by atoms with E-state index < -0.39 is 0 Å². The third kappa shape index (κ3) is 7.31.